The number of carbonyl (C=O) groups excluding carboxylic acids is 1. The van der Waals surface area contributed by atoms with Crippen molar-refractivity contribution >= 4 is 23.2 Å². The summed E-state index contributed by atoms with van der Waals surface area (Å²) >= 11 is 1.62. The minimum atomic E-state index is -1.22. The van der Waals surface area contributed by atoms with E-state index in [-0.39, 0.29) is 17.2 Å². The van der Waals surface area contributed by atoms with Gasteiger partial charge in [-0.1, -0.05) is 6.92 Å². The Bertz CT molecular complexity index is 834. The van der Waals surface area contributed by atoms with E-state index < -0.39 is 17.7 Å². The van der Waals surface area contributed by atoms with Crippen LogP contribution in [0.25, 0.3) is 0 Å². The first-order chi connectivity index (χ1) is 11.9. The SMILES string of the molecule is CCc1nc2c(s1)C(N(C)C(=O)c1ccc(C(=O)O)cc1F)CCC2. The second kappa shape index (κ2) is 6.92. The van der Waals surface area contributed by atoms with Gasteiger partial charge in [-0.2, -0.15) is 0 Å². The van der Waals surface area contributed by atoms with Gasteiger partial charge in [-0.25, -0.2) is 14.2 Å². The van der Waals surface area contributed by atoms with Crippen LogP contribution in [0.2, 0.25) is 0 Å². The number of aromatic carboxylic acids is 1. The van der Waals surface area contributed by atoms with E-state index in [1.165, 1.54) is 12.1 Å². The summed E-state index contributed by atoms with van der Waals surface area (Å²) < 4.78 is 14.2. The van der Waals surface area contributed by atoms with Crippen molar-refractivity contribution in [1.82, 2.24) is 9.88 Å². The van der Waals surface area contributed by atoms with E-state index in [1.807, 2.05) is 6.92 Å². The predicted molar refractivity (Wildman–Crippen MR) is 92.6 cm³/mol. The van der Waals surface area contributed by atoms with Crippen molar-refractivity contribution in [3.63, 3.8) is 0 Å². The van der Waals surface area contributed by atoms with Gasteiger partial charge in [0, 0.05) is 7.05 Å². The molecule has 2 aromatic rings. The van der Waals surface area contributed by atoms with E-state index in [2.05, 4.69) is 4.98 Å². The molecule has 1 heterocycles. The topological polar surface area (TPSA) is 70.5 Å². The Kier molecular flexibility index (Phi) is 4.85. The van der Waals surface area contributed by atoms with Crippen molar-refractivity contribution in [2.24, 2.45) is 0 Å². The van der Waals surface area contributed by atoms with Gasteiger partial charge in [-0.05, 0) is 43.9 Å². The fourth-order valence-corrected chi connectivity index (χ4v) is 4.35. The van der Waals surface area contributed by atoms with Crippen LogP contribution in [0.4, 0.5) is 4.39 Å². The zero-order valence-electron chi connectivity index (χ0n) is 14.1. The van der Waals surface area contributed by atoms with Crippen LogP contribution in [0.3, 0.4) is 0 Å². The number of aryl methyl sites for hydroxylation is 2. The van der Waals surface area contributed by atoms with Crippen molar-refractivity contribution in [2.45, 2.75) is 38.6 Å². The summed E-state index contributed by atoms with van der Waals surface area (Å²) in [5, 5.41) is 9.97. The highest BCUT2D eigenvalue weighted by molar-refractivity contribution is 7.11. The maximum Gasteiger partial charge on any atom is 0.335 e. The van der Waals surface area contributed by atoms with E-state index in [1.54, 1.807) is 23.3 Å². The first-order valence-electron chi connectivity index (χ1n) is 8.20. The fourth-order valence-electron chi connectivity index (χ4n) is 3.12. The van der Waals surface area contributed by atoms with E-state index in [0.717, 1.165) is 47.3 Å². The first-order valence-corrected chi connectivity index (χ1v) is 9.02. The van der Waals surface area contributed by atoms with Gasteiger partial charge in [0.1, 0.15) is 5.82 Å². The van der Waals surface area contributed by atoms with Crippen LogP contribution in [0.1, 0.15) is 62.1 Å². The summed E-state index contributed by atoms with van der Waals surface area (Å²) in [6.07, 6.45) is 3.51. The number of carboxylic acids is 1. The van der Waals surface area contributed by atoms with Crippen molar-refractivity contribution in [1.29, 1.82) is 0 Å². The van der Waals surface area contributed by atoms with Crippen molar-refractivity contribution in [3.05, 3.63) is 50.7 Å². The number of carbonyl (C=O) groups is 2. The van der Waals surface area contributed by atoms with Gasteiger partial charge in [0.25, 0.3) is 5.91 Å². The molecule has 1 atom stereocenters. The van der Waals surface area contributed by atoms with Gasteiger partial charge in [-0.15, -0.1) is 11.3 Å². The van der Waals surface area contributed by atoms with E-state index in [9.17, 15) is 14.0 Å². The largest absolute Gasteiger partial charge is 0.478 e. The number of amides is 1. The molecule has 1 unspecified atom stereocenters. The minimum absolute atomic E-state index is 0.111. The van der Waals surface area contributed by atoms with Crippen LogP contribution in [-0.2, 0) is 12.8 Å². The molecule has 3 rings (SSSR count). The van der Waals surface area contributed by atoms with E-state index in [4.69, 9.17) is 5.11 Å². The second-order valence-electron chi connectivity index (χ2n) is 6.10. The lowest BCUT2D eigenvalue weighted by Crippen LogP contribution is -2.33. The Morgan fingerprint density at radius 3 is 2.84 bits per heavy atom. The van der Waals surface area contributed by atoms with Crippen molar-refractivity contribution in [3.8, 4) is 0 Å². The summed E-state index contributed by atoms with van der Waals surface area (Å²) in [5.41, 5.74) is 0.756. The standard InChI is InChI=1S/C18H19FN2O3S/c1-3-15-20-13-5-4-6-14(16(13)25-15)21(2)17(22)11-8-7-10(18(23)24)9-12(11)19/h7-9,14H,3-6H2,1-2H3,(H,23,24). The monoisotopic (exact) mass is 362 g/mol. The van der Waals surface area contributed by atoms with Crippen LogP contribution in [-0.4, -0.2) is 33.9 Å². The lowest BCUT2D eigenvalue weighted by molar-refractivity contribution is 0.0687. The molecule has 1 aromatic carbocycles. The third-order valence-electron chi connectivity index (χ3n) is 4.50. The average molecular weight is 362 g/mol. The molecule has 0 saturated carbocycles. The van der Waals surface area contributed by atoms with Crippen LogP contribution in [0.15, 0.2) is 18.2 Å². The molecular formula is C18H19FN2O3S. The van der Waals surface area contributed by atoms with Crippen molar-refractivity contribution < 1.29 is 19.1 Å². The molecule has 0 bridgehead atoms. The molecule has 132 valence electrons. The molecular weight excluding hydrogens is 343 g/mol. The first kappa shape index (κ1) is 17.5. The molecule has 25 heavy (non-hydrogen) atoms. The summed E-state index contributed by atoms with van der Waals surface area (Å²) in [7, 11) is 1.66. The molecule has 1 aliphatic rings. The molecule has 0 fully saturated rings. The Morgan fingerprint density at radius 2 is 2.20 bits per heavy atom. The van der Waals surface area contributed by atoms with Crippen LogP contribution >= 0.6 is 11.3 Å². The number of nitrogens with zero attached hydrogens (tertiary/aromatic N) is 2. The highest BCUT2D eigenvalue weighted by Gasteiger charge is 2.31. The Morgan fingerprint density at radius 1 is 1.44 bits per heavy atom. The predicted octanol–water partition coefficient (Wildman–Crippen LogP) is 3.69. The number of halogens is 1. The summed E-state index contributed by atoms with van der Waals surface area (Å²) in [4.78, 5) is 30.9. The van der Waals surface area contributed by atoms with E-state index >= 15 is 0 Å². The number of benzene rings is 1. The summed E-state index contributed by atoms with van der Waals surface area (Å²) in [6.45, 7) is 2.05. The maximum atomic E-state index is 14.2. The van der Waals surface area contributed by atoms with Gasteiger partial charge in [0.2, 0.25) is 0 Å². The van der Waals surface area contributed by atoms with Crippen LogP contribution < -0.4 is 0 Å². The minimum Gasteiger partial charge on any atom is -0.478 e. The second-order valence-corrected chi connectivity index (χ2v) is 7.21. The lowest BCUT2D eigenvalue weighted by Gasteiger charge is -2.30. The average Bonchev–Trinajstić information content (AvgIpc) is 3.03. The Hall–Kier alpha value is -2.28. The molecule has 0 radical (unpaired) electrons. The smallest absolute Gasteiger partial charge is 0.335 e. The van der Waals surface area contributed by atoms with Crippen LogP contribution in [0, 0.1) is 5.82 Å². The Balaban J connectivity index is 1.89. The lowest BCUT2D eigenvalue weighted by atomic mass is 9.96. The zero-order chi connectivity index (χ0) is 18.1. The molecule has 7 heteroatoms. The van der Waals surface area contributed by atoms with Gasteiger partial charge in [0.15, 0.2) is 0 Å². The number of carboxylic acid groups (broad SMARTS) is 1. The normalized spacial score (nSPS) is 16.4. The molecule has 1 aromatic heterocycles. The van der Waals surface area contributed by atoms with Gasteiger partial charge < -0.3 is 10.0 Å². The van der Waals surface area contributed by atoms with Gasteiger partial charge in [0.05, 0.1) is 32.7 Å². The Labute approximate surface area is 149 Å². The molecule has 0 spiro atoms. The highest BCUT2D eigenvalue weighted by atomic mass is 32.1. The number of hydrogen-bond acceptors (Lipinski definition) is 4. The molecule has 1 N–H and O–H groups in total. The fraction of sp³-hybridized carbons (Fsp3) is 0.389. The third-order valence-corrected chi connectivity index (χ3v) is 5.85. The molecule has 5 nitrogen and oxygen atoms in total. The molecule has 0 aliphatic heterocycles. The van der Waals surface area contributed by atoms with Crippen LogP contribution in [0.5, 0.6) is 0 Å². The number of thiazole rings is 1. The molecule has 1 amide bonds. The van der Waals surface area contributed by atoms with Gasteiger partial charge in [-0.3, -0.25) is 4.79 Å². The number of fused-ring (bicyclic) bond motifs is 1. The highest BCUT2D eigenvalue weighted by Crippen LogP contribution is 2.38. The third kappa shape index (κ3) is 3.28. The summed E-state index contributed by atoms with van der Waals surface area (Å²) in [5.74, 6) is -2.48. The molecule has 0 saturated heterocycles. The summed E-state index contributed by atoms with van der Waals surface area (Å²) in [6, 6.07) is 3.26. The maximum absolute atomic E-state index is 14.2. The van der Waals surface area contributed by atoms with Gasteiger partial charge >= 0.3 is 5.97 Å². The number of rotatable bonds is 4. The number of hydrogen-bond donors (Lipinski definition) is 1. The van der Waals surface area contributed by atoms with Crippen molar-refractivity contribution in [2.75, 3.05) is 7.05 Å². The van der Waals surface area contributed by atoms with E-state index in [0.29, 0.717) is 0 Å². The zero-order valence-corrected chi connectivity index (χ0v) is 14.9. The molecule has 1 aliphatic carbocycles. The number of aromatic nitrogens is 1. The quantitative estimate of drug-likeness (QED) is 0.900.